The maximum atomic E-state index is 10.2. The third-order valence-electron chi connectivity index (χ3n) is 3.65. The van der Waals surface area contributed by atoms with Gasteiger partial charge in [0, 0.05) is 19.1 Å². The van der Waals surface area contributed by atoms with Crippen molar-refractivity contribution in [2.45, 2.75) is 39.0 Å². The van der Waals surface area contributed by atoms with Gasteiger partial charge in [-0.3, -0.25) is 4.90 Å². The highest BCUT2D eigenvalue weighted by Crippen LogP contribution is 2.27. The normalized spacial score (nSPS) is 19.8. The van der Waals surface area contributed by atoms with Gasteiger partial charge in [-0.1, -0.05) is 25.1 Å². The third kappa shape index (κ3) is 2.51. The van der Waals surface area contributed by atoms with E-state index in [1.807, 2.05) is 19.1 Å². The van der Waals surface area contributed by atoms with Crippen LogP contribution >= 0.6 is 0 Å². The number of nitrogens with two attached hydrogens (primary N) is 1. The second-order valence-corrected chi connectivity index (χ2v) is 4.91. The highest BCUT2D eigenvalue weighted by molar-refractivity contribution is 5.38. The maximum Gasteiger partial charge on any atom is 0.0941 e. The highest BCUT2D eigenvalue weighted by Gasteiger charge is 2.22. The van der Waals surface area contributed by atoms with Gasteiger partial charge in [-0.15, -0.1) is 0 Å². The van der Waals surface area contributed by atoms with Crippen LogP contribution in [0, 0.1) is 0 Å². The number of likely N-dealkylation sites (N-methyl/N-ethyl adjacent to an activating group) is 1. The van der Waals surface area contributed by atoms with Crippen molar-refractivity contribution in [3.63, 3.8) is 0 Å². The van der Waals surface area contributed by atoms with Crippen molar-refractivity contribution in [1.82, 2.24) is 4.90 Å². The number of hydrogen-bond donors (Lipinski definition) is 2. The van der Waals surface area contributed by atoms with Crippen molar-refractivity contribution in [3.05, 3.63) is 34.9 Å². The summed E-state index contributed by atoms with van der Waals surface area (Å²) in [6.45, 7) is 7.13. The van der Waals surface area contributed by atoms with E-state index >= 15 is 0 Å². The van der Waals surface area contributed by atoms with Crippen molar-refractivity contribution < 1.29 is 5.11 Å². The Morgan fingerprint density at radius 1 is 1.47 bits per heavy atom. The Balaban J connectivity index is 2.35. The molecular formula is C14H22N2O. The fourth-order valence-electron chi connectivity index (χ4n) is 2.49. The molecule has 0 radical (unpaired) electrons. The van der Waals surface area contributed by atoms with Gasteiger partial charge in [-0.2, -0.15) is 0 Å². The first-order valence-electron chi connectivity index (χ1n) is 6.40. The van der Waals surface area contributed by atoms with Crippen LogP contribution in [0.4, 0.5) is 0 Å². The average Bonchev–Trinajstić information content (AvgIpc) is 2.36. The number of benzene rings is 1. The van der Waals surface area contributed by atoms with Crippen molar-refractivity contribution >= 4 is 0 Å². The van der Waals surface area contributed by atoms with E-state index in [-0.39, 0.29) is 6.04 Å². The molecule has 0 saturated carbocycles. The van der Waals surface area contributed by atoms with E-state index in [1.54, 1.807) is 0 Å². The molecule has 0 saturated heterocycles. The molecule has 0 amide bonds. The number of rotatable bonds is 3. The van der Waals surface area contributed by atoms with Crippen LogP contribution in [0.15, 0.2) is 18.2 Å². The summed E-state index contributed by atoms with van der Waals surface area (Å²) in [7, 11) is 0. The summed E-state index contributed by atoms with van der Waals surface area (Å²) in [6, 6.07) is 5.98. The molecule has 94 valence electrons. The first kappa shape index (κ1) is 12.6. The van der Waals surface area contributed by atoms with Crippen LogP contribution in [0.25, 0.3) is 0 Å². The van der Waals surface area contributed by atoms with Gasteiger partial charge in [0.15, 0.2) is 0 Å². The van der Waals surface area contributed by atoms with Gasteiger partial charge in [-0.25, -0.2) is 0 Å². The average molecular weight is 234 g/mol. The molecule has 1 aromatic carbocycles. The molecule has 0 spiro atoms. The molecule has 1 aromatic rings. The van der Waals surface area contributed by atoms with Crippen molar-refractivity contribution in [2.24, 2.45) is 5.73 Å². The zero-order valence-corrected chi connectivity index (χ0v) is 10.7. The van der Waals surface area contributed by atoms with Crippen LogP contribution in [0.5, 0.6) is 0 Å². The lowest BCUT2D eigenvalue weighted by molar-refractivity contribution is 0.149. The summed E-state index contributed by atoms with van der Waals surface area (Å²) in [5, 5.41) is 10.2. The molecule has 1 heterocycles. The van der Waals surface area contributed by atoms with Crippen LogP contribution in [0.1, 0.15) is 36.6 Å². The Hall–Kier alpha value is -0.900. The minimum atomic E-state index is -0.554. The molecule has 2 rings (SSSR count). The zero-order chi connectivity index (χ0) is 12.4. The molecule has 0 fully saturated rings. The van der Waals surface area contributed by atoms with Gasteiger partial charge in [0.2, 0.25) is 0 Å². The largest absolute Gasteiger partial charge is 0.387 e. The van der Waals surface area contributed by atoms with Gasteiger partial charge in [0.1, 0.15) is 0 Å². The van der Waals surface area contributed by atoms with Crippen LogP contribution in [-0.4, -0.2) is 29.1 Å². The first-order valence-corrected chi connectivity index (χ1v) is 6.40. The fourth-order valence-corrected chi connectivity index (χ4v) is 2.49. The van der Waals surface area contributed by atoms with Crippen LogP contribution in [0.2, 0.25) is 0 Å². The van der Waals surface area contributed by atoms with E-state index in [0.29, 0.717) is 0 Å². The van der Waals surface area contributed by atoms with Crippen LogP contribution < -0.4 is 5.73 Å². The molecule has 2 unspecified atom stereocenters. The lowest BCUT2D eigenvalue weighted by Crippen LogP contribution is -2.33. The Labute approximate surface area is 103 Å². The maximum absolute atomic E-state index is 10.2. The summed E-state index contributed by atoms with van der Waals surface area (Å²) < 4.78 is 0. The smallest absolute Gasteiger partial charge is 0.0941 e. The molecule has 0 aromatic heterocycles. The van der Waals surface area contributed by atoms with Crippen molar-refractivity contribution in [2.75, 3.05) is 13.1 Å². The summed E-state index contributed by atoms with van der Waals surface area (Å²) in [4.78, 5) is 2.40. The molecule has 3 nitrogen and oxygen atoms in total. The number of fused-ring (bicyclic) bond motifs is 1. The Bertz CT molecular complexity index is 390. The quantitative estimate of drug-likeness (QED) is 0.832. The van der Waals surface area contributed by atoms with Gasteiger partial charge in [0.05, 0.1) is 6.10 Å². The molecule has 2 atom stereocenters. The topological polar surface area (TPSA) is 49.5 Å². The number of aliphatic hydroxyl groups is 1. The van der Waals surface area contributed by atoms with Gasteiger partial charge in [-0.05, 0) is 36.6 Å². The van der Waals surface area contributed by atoms with Crippen molar-refractivity contribution in [3.8, 4) is 0 Å². The van der Waals surface area contributed by atoms with E-state index < -0.39 is 6.10 Å². The van der Waals surface area contributed by atoms with E-state index in [2.05, 4.69) is 17.9 Å². The van der Waals surface area contributed by atoms with Crippen LogP contribution in [0.3, 0.4) is 0 Å². The molecule has 0 aliphatic carbocycles. The fraction of sp³-hybridized carbons (Fsp3) is 0.571. The third-order valence-corrected chi connectivity index (χ3v) is 3.65. The minimum Gasteiger partial charge on any atom is -0.387 e. The number of hydrogen-bond acceptors (Lipinski definition) is 3. The van der Waals surface area contributed by atoms with E-state index in [0.717, 1.165) is 31.6 Å². The molecule has 1 aliphatic rings. The van der Waals surface area contributed by atoms with E-state index in [1.165, 1.54) is 11.1 Å². The molecule has 3 heteroatoms. The molecule has 3 N–H and O–H groups in total. The Morgan fingerprint density at radius 2 is 2.24 bits per heavy atom. The minimum absolute atomic E-state index is 0.224. The summed E-state index contributed by atoms with van der Waals surface area (Å²) in [6.07, 6.45) is 0.518. The number of aliphatic hydroxyl groups excluding tert-OH is 1. The SMILES string of the molecule is CCN1CCc2cccc(C(O)C(C)N)c2C1. The van der Waals surface area contributed by atoms with Gasteiger partial charge in [0.25, 0.3) is 0 Å². The Kier molecular flexibility index (Phi) is 3.82. The van der Waals surface area contributed by atoms with E-state index in [9.17, 15) is 5.11 Å². The zero-order valence-electron chi connectivity index (χ0n) is 10.7. The predicted octanol–water partition coefficient (Wildman–Crippen LogP) is 1.45. The predicted molar refractivity (Wildman–Crippen MR) is 69.7 cm³/mol. The first-order chi connectivity index (χ1) is 8.13. The molecular weight excluding hydrogens is 212 g/mol. The molecule has 0 bridgehead atoms. The molecule has 1 aliphatic heterocycles. The van der Waals surface area contributed by atoms with Crippen LogP contribution in [-0.2, 0) is 13.0 Å². The van der Waals surface area contributed by atoms with Gasteiger partial charge < -0.3 is 10.8 Å². The Morgan fingerprint density at radius 3 is 2.88 bits per heavy atom. The summed E-state index contributed by atoms with van der Waals surface area (Å²) >= 11 is 0. The lowest BCUT2D eigenvalue weighted by atomic mass is 9.90. The van der Waals surface area contributed by atoms with E-state index in [4.69, 9.17) is 5.73 Å². The standard InChI is InChI=1S/C14H22N2O/c1-3-16-8-7-11-5-4-6-12(13(11)9-16)14(17)10(2)15/h4-6,10,14,17H,3,7-9,15H2,1-2H3. The summed E-state index contributed by atoms with van der Waals surface area (Å²) in [5.74, 6) is 0. The monoisotopic (exact) mass is 234 g/mol. The van der Waals surface area contributed by atoms with Crippen molar-refractivity contribution in [1.29, 1.82) is 0 Å². The summed E-state index contributed by atoms with van der Waals surface area (Å²) in [5.41, 5.74) is 9.46. The van der Waals surface area contributed by atoms with Gasteiger partial charge >= 0.3 is 0 Å². The second-order valence-electron chi connectivity index (χ2n) is 4.91. The molecule has 17 heavy (non-hydrogen) atoms. The highest BCUT2D eigenvalue weighted by atomic mass is 16.3. The second kappa shape index (κ2) is 5.17. The lowest BCUT2D eigenvalue weighted by Gasteiger charge is -2.31. The number of nitrogens with zero attached hydrogens (tertiary/aromatic N) is 1.